The number of rotatable bonds is 4. The van der Waals surface area contributed by atoms with Crippen LogP contribution in [0.4, 0.5) is 5.69 Å². The van der Waals surface area contributed by atoms with Crippen molar-refractivity contribution in [1.82, 2.24) is 4.98 Å². The smallest absolute Gasteiger partial charge is 0.219 e. The Morgan fingerprint density at radius 1 is 1.12 bits per heavy atom. The molecule has 0 amide bonds. The van der Waals surface area contributed by atoms with Crippen LogP contribution in [0.15, 0.2) is 66.9 Å². The summed E-state index contributed by atoms with van der Waals surface area (Å²) < 4.78 is 11.8. The number of nitrogens with zero attached hydrogens (tertiary/aromatic N) is 2. The largest absolute Gasteiger partial charge is 0.733 e. The molecule has 1 N–H and O–H groups in total. The Bertz CT molecular complexity index is 882. The van der Waals surface area contributed by atoms with Gasteiger partial charge in [-0.1, -0.05) is 30.3 Å². The van der Waals surface area contributed by atoms with E-state index >= 15 is 0 Å². The highest BCUT2D eigenvalue weighted by Gasteiger charge is 2.21. The van der Waals surface area contributed by atoms with Gasteiger partial charge in [-0.25, -0.2) is 4.98 Å². The molecule has 2 heterocycles. The minimum Gasteiger partial charge on any atom is -0.733 e. The Balaban J connectivity index is 1.48. The van der Waals surface area contributed by atoms with Gasteiger partial charge >= 0.3 is 0 Å². The highest BCUT2D eigenvalue weighted by atomic mass is 16.8. The van der Waals surface area contributed by atoms with Gasteiger partial charge in [0.15, 0.2) is 0 Å². The molecule has 1 aromatic heterocycles. The van der Waals surface area contributed by atoms with Crippen LogP contribution in [0, 0.1) is 5.21 Å². The Kier molecular flexibility index (Phi) is 4.43. The highest BCUT2D eigenvalue weighted by molar-refractivity contribution is 5.45. The Morgan fingerprint density at radius 2 is 1.96 bits per heavy atom. The lowest BCUT2D eigenvalue weighted by Gasteiger charge is -2.26. The molecule has 0 bridgehead atoms. The molecule has 0 saturated heterocycles. The second kappa shape index (κ2) is 7.03. The highest BCUT2D eigenvalue weighted by Crippen LogP contribution is 2.37. The van der Waals surface area contributed by atoms with Crippen molar-refractivity contribution >= 4 is 5.69 Å². The van der Waals surface area contributed by atoms with Crippen LogP contribution >= 0.6 is 0 Å². The van der Waals surface area contributed by atoms with Crippen molar-refractivity contribution in [2.24, 2.45) is 0 Å². The first-order chi connectivity index (χ1) is 12.7. The van der Waals surface area contributed by atoms with E-state index in [1.165, 1.54) is 23.9 Å². The molecule has 0 radical (unpaired) electrons. The second-order valence-electron chi connectivity index (χ2n) is 6.06. The molecule has 0 saturated carbocycles. The average Bonchev–Trinajstić information content (AvgIpc) is 2.69. The fourth-order valence-corrected chi connectivity index (χ4v) is 3.00. The topological polar surface area (TPSA) is 77.9 Å². The van der Waals surface area contributed by atoms with E-state index in [4.69, 9.17) is 14.7 Å². The number of aromatic nitrogens is 1. The zero-order valence-corrected chi connectivity index (χ0v) is 13.9. The molecule has 1 unspecified atom stereocenters. The summed E-state index contributed by atoms with van der Waals surface area (Å²) >= 11 is 0. The zero-order valence-electron chi connectivity index (χ0n) is 13.9. The number of ether oxygens (including phenoxy) is 2. The molecule has 0 spiro atoms. The number of hydrogen-bond acceptors (Lipinski definition) is 6. The minimum atomic E-state index is -0.240. The van der Waals surface area contributed by atoms with E-state index in [2.05, 4.69) is 17.1 Å². The van der Waals surface area contributed by atoms with Gasteiger partial charge in [0.1, 0.15) is 17.6 Å². The summed E-state index contributed by atoms with van der Waals surface area (Å²) in [6.45, 7) is 0. The number of fused-ring (bicyclic) bond motifs is 1. The fraction of sp³-hybridized carbons (Fsp3) is 0.150. The minimum absolute atomic E-state index is 0.0446. The normalized spacial score (nSPS) is 15.7. The Morgan fingerprint density at radius 3 is 2.69 bits per heavy atom. The second-order valence-corrected chi connectivity index (χ2v) is 6.06. The lowest BCUT2D eigenvalue weighted by atomic mass is 9.97. The first kappa shape index (κ1) is 16.4. The van der Waals surface area contributed by atoms with Crippen LogP contribution in [0.25, 0.3) is 0 Å². The van der Waals surface area contributed by atoms with E-state index in [1.807, 2.05) is 36.4 Å². The molecule has 1 aliphatic heterocycles. The molecule has 1 atom stereocenters. The fourth-order valence-electron chi connectivity index (χ4n) is 3.00. The van der Waals surface area contributed by atoms with Crippen molar-refractivity contribution in [1.29, 1.82) is 0 Å². The van der Waals surface area contributed by atoms with Crippen LogP contribution in [0.3, 0.4) is 0 Å². The van der Waals surface area contributed by atoms with Gasteiger partial charge in [0, 0.05) is 6.07 Å². The van der Waals surface area contributed by atoms with Crippen molar-refractivity contribution in [2.75, 3.05) is 5.23 Å². The monoisotopic (exact) mass is 349 g/mol. The van der Waals surface area contributed by atoms with E-state index < -0.39 is 0 Å². The Hall–Kier alpha value is -3.09. The van der Waals surface area contributed by atoms with Crippen molar-refractivity contribution in [3.8, 4) is 17.4 Å². The lowest BCUT2D eigenvalue weighted by Crippen LogP contribution is -2.15. The van der Waals surface area contributed by atoms with Gasteiger partial charge in [-0.15, -0.1) is 0 Å². The molecule has 26 heavy (non-hydrogen) atoms. The maximum absolute atomic E-state index is 10.8. The van der Waals surface area contributed by atoms with Gasteiger partial charge in [0.05, 0.1) is 11.9 Å². The Labute approximate surface area is 150 Å². The maximum Gasteiger partial charge on any atom is 0.219 e. The molecule has 6 nitrogen and oxygen atoms in total. The summed E-state index contributed by atoms with van der Waals surface area (Å²) in [4.78, 5) is 4.00. The van der Waals surface area contributed by atoms with Gasteiger partial charge in [-0.05, 0) is 48.2 Å². The third kappa shape index (κ3) is 3.46. The number of pyridine rings is 1. The molecule has 6 heteroatoms. The molecule has 1 aliphatic rings. The zero-order chi connectivity index (χ0) is 17.9. The van der Waals surface area contributed by atoms with E-state index in [-0.39, 0.29) is 17.0 Å². The van der Waals surface area contributed by atoms with Crippen molar-refractivity contribution in [3.63, 3.8) is 0 Å². The summed E-state index contributed by atoms with van der Waals surface area (Å²) in [7, 11) is 0. The summed E-state index contributed by atoms with van der Waals surface area (Å²) in [5.41, 5.74) is 2.31. The third-order valence-corrected chi connectivity index (χ3v) is 4.31. The quantitative estimate of drug-likeness (QED) is 0.692. The molecular formula is C20H17N2O4-. The van der Waals surface area contributed by atoms with Crippen LogP contribution in [0.2, 0.25) is 0 Å². The average molecular weight is 349 g/mol. The van der Waals surface area contributed by atoms with Crippen molar-refractivity contribution < 1.29 is 14.7 Å². The van der Waals surface area contributed by atoms with Gasteiger partial charge in [-0.2, -0.15) is 0 Å². The van der Waals surface area contributed by atoms with E-state index in [0.717, 1.165) is 24.2 Å². The van der Waals surface area contributed by atoms with E-state index in [9.17, 15) is 5.21 Å². The van der Waals surface area contributed by atoms with Gasteiger partial charge < -0.3 is 19.9 Å². The molecule has 0 aliphatic carbocycles. The van der Waals surface area contributed by atoms with Crippen LogP contribution in [-0.4, -0.2) is 10.2 Å². The molecule has 132 valence electrons. The predicted molar refractivity (Wildman–Crippen MR) is 96.5 cm³/mol. The third-order valence-electron chi connectivity index (χ3n) is 4.31. The van der Waals surface area contributed by atoms with Gasteiger partial charge in [-0.3, -0.25) is 5.21 Å². The SMILES string of the molecule is [O-]N(O)c1ccc(Oc2ccc3c(c2)CCC(c2ccccc2)O3)nc1. The molecular weight excluding hydrogens is 332 g/mol. The van der Waals surface area contributed by atoms with Crippen LogP contribution in [-0.2, 0) is 6.42 Å². The molecule has 0 fully saturated rings. The number of aryl methyl sites for hydroxylation is 1. The van der Waals surface area contributed by atoms with E-state index in [1.54, 1.807) is 0 Å². The number of hydrogen-bond donors (Lipinski definition) is 1. The summed E-state index contributed by atoms with van der Waals surface area (Å²) in [6, 6.07) is 18.8. The van der Waals surface area contributed by atoms with Crippen LogP contribution in [0.1, 0.15) is 23.7 Å². The molecule has 4 rings (SSSR count). The maximum atomic E-state index is 10.8. The van der Waals surface area contributed by atoms with Crippen LogP contribution < -0.4 is 14.7 Å². The van der Waals surface area contributed by atoms with Gasteiger partial charge in [0.2, 0.25) is 5.88 Å². The molecule has 2 aromatic carbocycles. The first-order valence-corrected chi connectivity index (χ1v) is 8.33. The summed E-state index contributed by atoms with van der Waals surface area (Å²) in [5, 5.41) is 19.4. The lowest BCUT2D eigenvalue weighted by molar-refractivity contribution is 0.176. The summed E-state index contributed by atoms with van der Waals surface area (Å²) in [5.74, 6) is 1.85. The first-order valence-electron chi connectivity index (χ1n) is 8.33. The number of anilines is 1. The van der Waals surface area contributed by atoms with Crippen LogP contribution in [0.5, 0.6) is 17.4 Å². The standard InChI is InChI=1S/C20H17N2O4/c23-22(24)16-7-11-20(21-13-16)25-17-8-10-19-15(12-17)6-9-18(26-19)14-4-2-1-3-5-14/h1-5,7-8,10-13,18,23H,6,9H2/q-1. The number of benzene rings is 2. The van der Waals surface area contributed by atoms with Gasteiger partial charge in [0.25, 0.3) is 0 Å². The van der Waals surface area contributed by atoms with E-state index in [0.29, 0.717) is 11.6 Å². The molecule has 3 aromatic rings. The van der Waals surface area contributed by atoms with Crippen molar-refractivity contribution in [2.45, 2.75) is 18.9 Å². The summed E-state index contributed by atoms with van der Waals surface area (Å²) in [6.07, 6.45) is 3.12. The van der Waals surface area contributed by atoms with Crippen molar-refractivity contribution in [3.05, 3.63) is 83.2 Å². The predicted octanol–water partition coefficient (Wildman–Crippen LogP) is 4.63.